The van der Waals surface area contributed by atoms with Crippen LogP contribution in [0.15, 0.2) is 72.0 Å². The molecule has 4 aromatic rings. The van der Waals surface area contributed by atoms with Gasteiger partial charge < -0.3 is 4.98 Å². The number of rotatable bonds is 4. The van der Waals surface area contributed by atoms with E-state index in [2.05, 4.69) is 32.2 Å². The van der Waals surface area contributed by atoms with Gasteiger partial charge in [-0.2, -0.15) is 5.10 Å². The predicted molar refractivity (Wildman–Crippen MR) is 110 cm³/mol. The van der Waals surface area contributed by atoms with Crippen molar-refractivity contribution in [1.29, 1.82) is 0 Å². The van der Waals surface area contributed by atoms with Crippen LogP contribution in [0.5, 0.6) is 0 Å². The third-order valence-electron chi connectivity index (χ3n) is 4.98. The van der Waals surface area contributed by atoms with Crippen LogP contribution in [0.3, 0.4) is 0 Å². The van der Waals surface area contributed by atoms with Crippen LogP contribution >= 0.6 is 0 Å². The normalized spacial score (nSPS) is 12.8. The Bertz CT molecular complexity index is 1220. The van der Waals surface area contributed by atoms with Gasteiger partial charge in [0.2, 0.25) is 0 Å². The highest BCUT2D eigenvalue weighted by Crippen LogP contribution is 2.25. The molecule has 0 bridgehead atoms. The number of pyridine rings is 1. The number of H-pyrrole nitrogens is 1. The van der Waals surface area contributed by atoms with E-state index in [0.717, 1.165) is 28.6 Å². The van der Waals surface area contributed by atoms with Gasteiger partial charge in [-0.05, 0) is 29.8 Å². The largest absolute Gasteiger partial charge is 0.340 e. The van der Waals surface area contributed by atoms with Crippen LogP contribution in [-0.4, -0.2) is 26.2 Å². The highest BCUT2D eigenvalue weighted by atomic mass is 19.2. The molecule has 0 saturated carbocycles. The lowest BCUT2D eigenvalue weighted by molar-refractivity contribution is 0.265. The minimum atomic E-state index is -0.912. The summed E-state index contributed by atoms with van der Waals surface area (Å²) in [7, 11) is 0. The molecule has 0 fully saturated rings. The number of aromatic nitrogens is 3. The maximum Gasteiger partial charge on any atom is 0.169 e. The Morgan fingerprint density at radius 3 is 2.63 bits per heavy atom. The van der Waals surface area contributed by atoms with Crippen molar-refractivity contribution >= 4 is 6.21 Å². The molecule has 0 saturated heterocycles. The van der Waals surface area contributed by atoms with E-state index in [1.165, 1.54) is 12.1 Å². The smallest absolute Gasteiger partial charge is 0.169 e. The first-order valence-electron chi connectivity index (χ1n) is 9.50. The first kappa shape index (κ1) is 18.2. The van der Waals surface area contributed by atoms with Crippen molar-refractivity contribution in [3.8, 4) is 22.6 Å². The van der Waals surface area contributed by atoms with Crippen LogP contribution in [0.2, 0.25) is 0 Å². The summed E-state index contributed by atoms with van der Waals surface area (Å²) in [6.07, 6.45) is 3.41. The summed E-state index contributed by atoms with van der Waals surface area (Å²) in [6, 6.07) is 18.1. The number of nitrogens with one attached hydrogen (secondary N) is 1. The molecule has 5 nitrogen and oxygen atoms in total. The number of nitrogens with zero attached hydrogens (tertiary/aromatic N) is 4. The van der Waals surface area contributed by atoms with Crippen molar-refractivity contribution in [2.24, 2.45) is 5.10 Å². The monoisotopic (exact) mass is 401 g/mol. The van der Waals surface area contributed by atoms with Crippen LogP contribution in [0.1, 0.15) is 17.0 Å². The minimum Gasteiger partial charge on any atom is -0.340 e. The van der Waals surface area contributed by atoms with E-state index in [1.54, 1.807) is 12.4 Å². The number of benzene rings is 2. The lowest BCUT2D eigenvalue weighted by Gasteiger charge is -2.21. The molecule has 0 unspecified atom stereocenters. The summed E-state index contributed by atoms with van der Waals surface area (Å²) in [4.78, 5) is 11.8. The molecule has 30 heavy (non-hydrogen) atoms. The van der Waals surface area contributed by atoms with Crippen LogP contribution < -0.4 is 0 Å². The van der Waals surface area contributed by atoms with Gasteiger partial charge in [-0.1, -0.05) is 36.4 Å². The number of halogens is 2. The zero-order valence-corrected chi connectivity index (χ0v) is 15.9. The molecule has 2 aromatic carbocycles. The van der Waals surface area contributed by atoms with E-state index in [-0.39, 0.29) is 5.56 Å². The van der Waals surface area contributed by atoms with Crippen molar-refractivity contribution < 1.29 is 8.78 Å². The Labute approximate surface area is 171 Å². The summed E-state index contributed by atoms with van der Waals surface area (Å²) >= 11 is 0. The molecule has 0 radical (unpaired) electrons. The van der Waals surface area contributed by atoms with Gasteiger partial charge in [0, 0.05) is 11.8 Å². The molecule has 0 amide bonds. The van der Waals surface area contributed by atoms with Gasteiger partial charge in [-0.15, -0.1) is 0 Å². The van der Waals surface area contributed by atoms with Gasteiger partial charge in [-0.3, -0.25) is 9.99 Å². The van der Waals surface area contributed by atoms with Crippen LogP contribution in [0, 0.1) is 11.6 Å². The Morgan fingerprint density at radius 1 is 0.967 bits per heavy atom. The molecule has 0 aliphatic carbocycles. The first-order chi connectivity index (χ1) is 14.7. The Kier molecular flexibility index (Phi) is 4.55. The zero-order valence-electron chi connectivity index (χ0n) is 15.9. The van der Waals surface area contributed by atoms with Crippen molar-refractivity contribution in [3.05, 3.63) is 95.4 Å². The van der Waals surface area contributed by atoms with Crippen LogP contribution in [-0.2, 0) is 13.1 Å². The highest BCUT2D eigenvalue weighted by molar-refractivity contribution is 5.80. The van der Waals surface area contributed by atoms with Crippen molar-refractivity contribution in [2.45, 2.75) is 13.1 Å². The fourth-order valence-electron chi connectivity index (χ4n) is 3.45. The summed E-state index contributed by atoms with van der Waals surface area (Å²) < 4.78 is 27.6. The third kappa shape index (κ3) is 3.45. The summed E-state index contributed by atoms with van der Waals surface area (Å²) in [5.41, 5.74) is 4.64. The number of hydrogen-bond acceptors (Lipinski definition) is 4. The van der Waals surface area contributed by atoms with E-state index in [4.69, 9.17) is 0 Å². The second-order valence-corrected chi connectivity index (χ2v) is 7.03. The fourth-order valence-corrected chi connectivity index (χ4v) is 3.45. The highest BCUT2D eigenvalue weighted by Gasteiger charge is 2.20. The summed E-state index contributed by atoms with van der Waals surface area (Å²) in [5.74, 6) is -1.51. The zero-order chi connectivity index (χ0) is 20.5. The number of fused-ring (bicyclic) bond motifs is 1. The lowest BCUT2D eigenvalue weighted by atomic mass is 10.1. The van der Waals surface area contributed by atoms with Gasteiger partial charge in [0.25, 0.3) is 0 Å². The predicted octanol–water partition coefficient (Wildman–Crippen LogP) is 4.77. The Balaban J connectivity index is 1.32. The Hall–Kier alpha value is -3.87. The molecular formula is C23H17F2N5. The van der Waals surface area contributed by atoms with Gasteiger partial charge in [0.1, 0.15) is 11.5 Å². The first-order valence-corrected chi connectivity index (χ1v) is 9.50. The molecule has 148 valence electrons. The van der Waals surface area contributed by atoms with Crippen molar-refractivity contribution in [1.82, 2.24) is 20.0 Å². The maximum atomic E-state index is 14.1. The topological polar surface area (TPSA) is 57.2 Å². The number of imidazole rings is 1. The molecular weight excluding hydrogens is 384 g/mol. The minimum absolute atomic E-state index is 0.106. The average molecular weight is 401 g/mol. The molecule has 1 aliphatic heterocycles. The number of hydrazone groups is 1. The van der Waals surface area contributed by atoms with Crippen LogP contribution in [0.25, 0.3) is 22.6 Å². The van der Waals surface area contributed by atoms with Gasteiger partial charge in [0.05, 0.1) is 36.3 Å². The van der Waals surface area contributed by atoms with Gasteiger partial charge >= 0.3 is 0 Å². The number of hydrogen-bond donors (Lipinski definition) is 1. The summed E-state index contributed by atoms with van der Waals surface area (Å²) in [5, 5.41) is 6.33. The van der Waals surface area contributed by atoms with E-state index in [9.17, 15) is 8.78 Å². The van der Waals surface area contributed by atoms with Crippen molar-refractivity contribution in [3.63, 3.8) is 0 Å². The maximum absolute atomic E-state index is 14.1. The van der Waals surface area contributed by atoms with E-state index >= 15 is 0 Å². The molecule has 7 heteroatoms. The SMILES string of the molecule is Fc1cccc(-c2nc3c([nH]2)CN(Cc2ccc(-c4ccccn4)cc2)N=C3)c1F. The van der Waals surface area contributed by atoms with Crippen LogP contribution in [0.4, 0.5) is 8.78 Å². The second kappa shape index (κ2) is 7.51. The molecule has 1 aliphatic rings. The fraction of sp³-hybridized carbons (Fsp3) is 0.0870. The number of aromatic amines is 1. The summed E-state index contributed by atoms with van der Waals surface area (Å²) in [6.45, 7) is 1.11. The van der Waals surface area contributed by atoms with E-state index in [1.807, 2.05) is 35.3 Å². The van der Waals surface area contributed by atoms with E-state index < -0.39 is 11.6 Å². The standard InChI is InChI=1S/C23H17F2N5/c24-18-5-3-4-17(22(18)25)23-28-20-12-27-30(14-21(20)29-23)13-15-7-9-16(10-8-15)19-6-1-2-11-26-19/h1-12H,13-14H2,(H,28,29). The second-order valence-electron chi connectivity index (χ2n) is 7.03. The third-order valence-corrected chi connectivity index (χ3v) is 4.98. The van der Waals surface area contributed by atoms with E-state index in [0.29, 0.717) is 24.6 Å². The molecule has 2 aromatic heterocycles. The molecule has 5 rings (SSSR count). The quantitative estimate of drug-likeness (QED) is 0.536. The molecule has 3 heterocycles. The molecule has 1 N–H and O–H groups in total. The molecule has 0 atom stereocenters. The van der Waals surface area contributed by atoms with Crippen molar-refractivity contribution in [2.75, 3.05) is 0 Å². The average Bonchev–Trinajstić information content (AvgIpc) is 3.20. The lowest BCUT2D eigenvalue weighted by Crippen LogP contribution is -2.21. The van der Waals surface area contributed by atoms with Gasteiger partial charge in [-0.25, -0.2) is 13.8 Å². The Morgan fingerprint density at radius 2 is 1.83 bits per heavy atom. The molecule has 0 spiro atoms. The van der Waals surface area contributed by atoms with Gasteiger partial charge in [0.15, 0.2) is 11.6 Å².